The molecule has 1 fully saturated rings. The van der Waals surface area contributed by atoms with Crippen LogP contribution >= 0.6 is 11.3 Å². The standard InChI is InChI=1S/C30H29N3O2S/c1-2-35-30(34)25-19-12-20-33(21-25)27(23-15-8-4-9-16-23)32-29-26(22-13-6-3-7-14-22)31-28(36-29)24-17-10-5-11-18-24/h3-11,13-18,25H,2,12,19-21H2,1H3. The van der Waals surface area contributed by atoms with Gasteiger partial charge < -0.3 is 9.64 Å². The number of ether oxygens (including phenoxy) is 1. The molecule has 1 saturated heterocycles. The molecule has 3 aromatic carbocycles. The van der Waals surface area contributed by atoms with Crippen molar-refractivity contribution in [2.24, 2.45) is 10.9 Å². The topological polar surface area (TPSA) is 54.8 Å². The Morgan fingerprint density at radius 1 is 0.972 bits per heavy atom. The maximum atomic E-state index is 12.6. The van der Waals surface area contributed by atoms with E-state index in [1.165, 1.54) is 0 Å². The van der Waals surface area contributed by atoms with Crippen LogP contribution in [0.4, 0.5) is 5.00 Å². The van der Waals surface area contributed by atoms with Crippen molar-refractivity contribution >= 4 is 28.1 Å². The molecule has 4 aromatic rings. The normalized spacial score (nSPS) is 16.1. The van der Waals surface area contributed by atoms with E-state index >= 15 is 0 Å². The van der Waals surface area contributed by atoms with Gasteiger partial charge in [0.1, 0.15) is 21.5 Å². The maximum Gasteiger partial charge on any atom is 0.310 e. The molecule has 36 heavy (non-hydrogen) atoms. The van der Waals surface area contributed by atoms with E-state index in [0.717, 1.165) is 57.6 Å². The van der Waals surface area contributed by atoms with E-state index in [-0.39, 0.29) is 11.9 Å². The number of piperidine rings is 1. The Balaban J connectivity index is 1.60. The fourth-order valence-corrected chi connectivity index (χ4v) is 5.47. The Kier molecular flexibility index (Phi) is 7.52. The van der Waals surface area contributed by atoms with Gasteiger partial charge in [0.15, 0.2) is 0 Å². The van der Waals surface area contributed by atoms with Crippen LogP contribution in [0.25, 0.3) is 21.8 Å². The molecule has 6 heteroatoms. The molecule has 1 unspecified atom stereocenters. The summed E-state index contributed by atoms with van der Waals surface area (Å²) in [6.45, 7) is 3.69. The van der Waals surface area contributed by atoms with Gasteiger partial charge >= 0.3 is 5.97 Å². The minimum absolute atomic E-state index is 0.122. The summed E-state index contributed by atoms with van der Waals surface area (Å²) in [5.41, 5.74) is 4.00. The highest BCUT2D eigenvalue weighted by molar-refractivity contribution is 7.19. The Hall–Kier alpha value is -3.77. The molecule has 1 aliphatic rings. The van der Waals surface area contributed by atoms with Gasteiger partial charge in [0, 0.05) is 29.8 Å². The molecular formula is C30H29N3O2S. The van der Waals surface area contributed by atoms with Gasteiger partial charge in [-0.15, -0.1) is 0 Å². The first-order valence-corrected chi connectivity index (χ1v) is 13.2. The number of carbonyl (C=O) groups is 1. The summed E-state index contributed by atoms with van der Waals surface area (Å²) in [5.74, 6) is 0.594. The Bertz CT molecular complexity index is 1320. The first kappa shape index (κ1) is 23.9. The molecule has 0 aliphatic carbocycles. The maximum absolute atomic E-state index is 12.6. The second-order valence-corrected chi connectivity index (χ2v) is 9.72. The summed E-state index contributed by atoms with van der Waals surface area (Å²) < 4.78 is 5.35. The second kappa shape index (κ2) is 11.3. The summed E-state index contributed by atoms with van der Waals surface area (Å²) >= 11 is 1.59. The quantitative estimate of drug-likeness (QED) is 0.167. The number of amidine groups is 1. The van der Waals surface area contributed by atoms with Crippen LogP contribution in [0.15, 0.2) is 96.0 Å². The minimum Gasteiger partial charge on any atom is -0.466 e. The average molecular weight is 496 g/mol. The van der Waals surface area contributed by atoms with Crippen molar-refractivity contribution in [2.45, 2.75) is 19.8 Å². The Morgan fingerprint density at radius 2 is 1.61 bits per heavy atom. The van der Waals surface area contributed by atoms with Gasteiger partial charge in [-0.1, -0.05) is 102 Å². The van der Waals surface area contributed by atoms with Crippen molar-refractivity contribution in [1.82, 2.24) is 9.88 Å². The minimum atomic E-state index is -0.150. The van der Waals surface area contributed by atoms with Crippen LogP contribution in [0, 0.1) is 5.92 Å². The monoisotopic (exact) mass is 495 g/mol. The third kappa shape index (κ3) is 5.39. The second-order valence-electron chi connectivity index (χ2n) is 8.74. The number of aliphatic imine (C=N–C) groups is 1. The van der Waals surface area contributed by atoms with E-state index in [9.17, 15) is 4.79 Å². The first-order chi connectivity index (χ1) is 17.7. The van der Waals surface area contributed by atoms with Crippen LogP contribution in [0.5, 0.6) is 0 Å². The lowest BCUT2D eigenvalue weighted by Gasteiger charge is -2.34. The number of thiazole rings is 1. The summed E-state index contributed by atoms with van der Waals surface area (Å²) in [4.78, 5) is 25.1. The van der Waals surface area contributed by atoms with Crippen molar-refractivity contribution in [1.29, 1.82) is 0 Å². The number of carbonyl (C=O) groups excluding carboxylic acids is 1. The van der Waals surface area contributed by atoms with Crippen LogP contribution in [0.2, 0.25) is 0 Å². The van der Waals surface area contributed by atoms with Gasteiger partial charge in [-0.05, 0) is 19.8 Å². The van der Waals surface area contributed by atoms with Gasteiger partial charge in [0.25, 0.3) is 0 Å². The number of likely N-dealkylation sites (tertiary alicyclic amines) is 1. The third-order valence-corrected chi connectivity index (χ3v) is 7.26. The highest BCUT2D eigenvalue weighted by atomic mass is 32.1. The molecule has 5 rings (SSSR count). The largest absolute Gasteiger partial charge is 0.466 e. The van der Waals surface area contributed by atoms with Gasteiger partial charge in [-0.25, -0.2) is 9.98 Å². The van der Waals surface area contributed by atoms with E-state index in [4.69, 9.17) is 14.7 Å². The third-order valence-electron chi connectivity index (χ3n) is 6.26. The molecule has 2 heterocycles. The summed E-state index contributed by atoms with van der Waals surface area (Å²) in [6.07, 6.45) is 1.75. The van der Waals surface area contributed by atoms with Crippen molar-refractivity contribution in [3.8, 4) is 21.8 Å². The van der Waals surface area contributed by atoms with Crippen molar-refractivity contribution in [3.63, 3.8) is 0 Å². The molecule has 0 bridgehead atoms. The zero-order valence-corrected chi connectivity index (χ0v) is 21.2. The number of benzene rings is 3. The lowest BCUT2D eigenvalue weighted by molar-refractivity contribution is -0.149. The molecule has 1 aliphatic heterocycles. The molecule has 0 saturated carbocycles. The molecule has 0 N–H and O–H groups in total. The van der Waals surface area contributed by atoms with Crippen molar-refractivity contribution in [2.75, 3.05) is 19.7 Å². The zero-order chi connectivity index (χ0) is 24.7. The van der Waals surface area contributed by atoms with Gasteiger partial charge in [-0.3, -0.25) is 4.79 Å². The Labute approximate surface area is 216 Å². The van der Waals surface area contributed by atoms with Gasteiger partial charge in [-0.2, -0.15) is 0 Å². The summed E-state index contributed by atoms with van der Waals surface area (Å²) in [5, 5.41) is 1.79. The number of hydrogen-bond acceptors (Lipinski definition) is 5. The number of nitrogens with zero attached hydrogens (tertiary/aromatic N) is 3. The number of esters is 1. The predicted molar refractivity (Wildman–Crippen MR) is 147 cm³/mol. The average Bonchev–Trinajstić information content (AvgIpc) is 3.37. The molecule has 5 nitrogen and oxygen atoms in total. The molecule has 182 valence electrons. The summed E-state index contributed by atoms with van der Waals surface area (Å²) in [7, 11) is 0. The fourth-order valence-electron chi connectivity index (χ4n) is 4.50. The first-order valence-electron chi connectivity index (χ1n) is 12.4. The van der Waals surface area contributed by atoms with Crippen LogP contribution in [0.1, 0.15) is 25.3 Å². The van der Waals surface area contributed by atoms with E-state index < -0.39 is 0 Å². The van der Waals surface area contributed by atoms with Crippen molar-refractivity contribution < 1.29 is 9.53 Å². The SMILES string of the molecule is CCOC(=O)C1CCCN(C(=Nc2sc(-c3ccccc3)nc2-c2ccccc2)c2ccccc2)C1. The number of aromatic nitrogens is 1. The molecule has 0 amide bonds. The van der Waals surface area contributed by atoms with Crippen LogP contribution in [-0.2, 0) is 9.53 Å². The number of hydrogen-bond donors (Lipinski definition) is 0. The highest BCUT2D eigenvalue weighted by Crippen LogP contribution is 2.40. The van der Waals surface area contributed by atoms with E-state index in [1.54, 1.807) is 11.3 Å². The highest BCUT2D eigenvalue weighted by Gasteiger charge is 2.29. The van der Waals surface area contributed by atoms with Crippen LogP contribution < -0.4 is 0 Å². The lowest BCUT2D eigenvalue weighted by Crippen LogP contribution is -2.43. The van der Waals surface area contributed by atoms with Crippen molar-refractivity contribution in [3.05, 3.63) is 96.6 Å². The van der Waals surface area contributed by atoms with E-state index in [2.05, 4.69) is 41.3 Å². The molecule has 1 atom stereocenters. The Morgan fingerprint density at radius 3 is 2.28 bits per heavy atom. The molecule has 0 spiro atoms. The lowest BCUT2D eigenvalue weighted by atomic mass is 9.97. The molecule has 1 aromatic heterocycles. The van der Waals surface area contributed by atoms with E-state index in [0.29, 0.717) is 13.2 Å². The smallest absolute Gasteiger partial charge is 0.310 e. The van der Waals surface area contributed by atoms with E-state index in [1.807, 2.05) is 61.5 Å². The van der Waals surface area contributed by atoms with Crippen LogP contribution in [0.3, 0.4) is 0 Å². The molecular weight excluding hydrogens is 466 g/mol. The number of rotatable bonds is 6. The summed E-state index contributed by atoms with van der Waals surface area (Å²) in [6, 6.07) is 30.6. The fraction of sp³-hybridized carbons (Fsp3) is 0.233. The predicted octanol–water partition coefficient (Wildman–Crippen LogP) is 6.83. The zero-order valence-electron chi connectivity index (χ0n) is 20.3. The van der Waals surface area contributed by atoms with Gasteiger partial charge in [0.2, 0.25) is 0 Å². The van der Waals surface area contributed by atoms with Crippen LogP contribution in [-0.4, -0.2) is 41.4 Å². The van der Waals surface area contributed by atoms with Gasteiger partial charge in [0.05, 0.1) is 12.5 Å². The molecule has 0 radical (unpaired) electrons.